The van der Waals surface area contributed by atoms with Crippen molar-refractivity contribution in [1.29, 1.82) is 0 Å². The maximum atomic E-state index is 12.4. The number of rotatable bonds is 6. The smallest absolute Gasteiger partial charge is 0.333 e. The summed E-state index contributed by atoms with van der Waals surface area (Å²) in [7, 11) is 0. The third-order valence-electron chi connectivity index (χ3n) is 8.38. The summed E-state index contributed by atoms with van der Waals surface area (Å²) in [4.78, 5) is 12.4. The van der Waals surface area contributed by atoms with Crippen molar-refractivity contribution in [1.82, 2.24) is 0 Å². The largest absolute Gasteiger partial charge is 0.453 e. The summed E-state index contributed by atoms with van der Waals surface area (Å²) >= 11 is 0. The zero-order valence-electron chi connectivity index (χ0n) is 21.0. The van der Waals surface area contributed by atoms with Crippen LogP contribution in [0.15, 0.2) is 23.8 Å². The lowest BCUT2D eigenvalue weighted by atomic mass is 9.53. The van der Waals surface area contributed by atoms with Crippen molar-refractivity contribution in [2.75, 3.05) is 6.61 Å². The molecule has 0 aromatic rings. The zero-order valence-corrected chi connectivity index (χ0v) is 21.0. The molecule has 1 heterocycles. The van der Waals surface area contributed by atoms with Crippen LogP contribution in [0.3, 0.4) is 0 Å². The maximum Gasteiger partial charge on any atom is 0.333 e. The standard InChI is InChI=1S/C26H42O8/c1-7-14(4)24(31)33-23-20(29)17(12-27)32-25(21(23)30)34-22-16(13(2)3)10-11-26(6)18(28)9-8-15(5)19(22)26/h7,13,16-23,25,27-30H,5,8-12H2,1-4,6H3/b14-7-/t16-,17+,18+,19+,20+,21+,22+,23-,25-,26-/m0/s1. The van der Waals surface area contributed by atoms with Crippen LogP contribution in [0.5, 0.6) is 0 Å². The van der Waals surface area contributed by atoms with E-state index in [-0.39, 0.29) is 17.8 Å². The first-order valence-electron chi connectivity index (χ1n) is 12.4. The number of fused-ring (bicyclic) bond motifs is 1. The van der Waals surface area contributed by atoms with Crippen LogP contribution in [-0.4, -0.2) is 75.9 Å². The molecule has 2 saturated carbocycles. The third kappa shape index (κ3) is 4.99. The van der Waals surface area contributed by atoms with Crippen LogP contribution in [-0.2, 0) is 19.0 Å². The number of hydrogen-bond acceptors (Lipinski definition) is 8. The monoisotopic (exact) mass is 482 g/mol. The molecule has 8 heteroatoms. The van der Waals surface area contributed by atoms with Gasteiger partial charge in [0.2, 0.25) is 0 Å². The van der Waals surface area contributed by atoms with Gasteiger partial charge in [0.15, 0.2) is 12.4 Å². The van der Waals surface area contributed by atoms with Gasteiger partial charge in [-0.1, -0.05) is 39.0 Å². The second-order valence-electron chi connectivity index (χ2n) is 10.8. The van der Waals surface area contributed by atoms with Gasteiger partial charge in [-0.3, -0.25) is 0 Å². The third-order valence-corrected chi connectivity index (χ3v) is 8.38. The molecular weight excluding hydrogens is 440 g/mol. The van der Waals surface area contributed by atoms with Crippen molar-refractivity contribution in [3.05, 3.63) is 23.8 Å². The fourth-order valence-electron chi connectivity index (χ4n) is 5.99. The molecule has 10 atom stereocenters. The Balaban J connectivity index is 1.91. The lowest BCUT2D eigenvalue weighted by molar-refractivity contribution is -0.327. The van der Waals surface area contributed by atoms with Crippen LogP contribution < -0.4 is 0 Å². The van der Waals surface area contributed by atoms with E-state index in [1.807, 2.05) is 0 Å². The van der Waals surface area contributed by atoms with Crippen molar-refractivity contribution in [2.45, 2.75) is 103 Å². The van der Waals surface area contributed by atoms with Crippen molar-refractivity contribution in [3.8, 4) is 0 Å². The topological polar surface area (TPSA) is 126 Å². The molecule has 0 spiro atoms. The maximum absolute atomic E-state index is 12.4. The average Bonchev–Trinajstić information content (AvgIpc) is 2.80. The molecule has 0 amide bonds. The van der Waals surface area contributed by atoms with Crippen molar-refractivity contribution in [2.24, 2.45) is 23.2 Å². The van der Waals surface area contributed by atoms with Gasteiger partial charge in [-0.05, 0) is 51.4 Å². The highest BCUT2D eigenvalue weighted by Crippen LogP contribution is 2.56. The highest BCUT2D eigenvalue weighted by atomic mass is 16.7. The summed E-state index contributed by atoms with van der Waals surface area (Å²) in [6.07, 6.45) is -2.80. The number of aliphatic hydroxyl groups is 4. The Morgan fingerprint density at radius 1 is 1.24 bits per heavy atom. The molecule has 1 aliphatic heterocycles. The van der Waals surface area contributed by atoms with Crippen molar-refractivity contribution >= 4 is 5.97 Å². The predicted octanol–water partition coefficient (Wildman–Crippen LogP) is 2.09. The van der Waals surface area contributed by atoms with Crippen LogP contribution in [0, 0.1) is 23.2 Å². The van der Waals surface area contributed by atoms with Crippen LogP contribution in [0.4, 0.5) is 0 Å². The summed E-state index contributed by atoms with van der Waals surface area (Å²) in [5.74, 6) is -0.412. The number of carbonyl (C=O) groups is 1. The minimum atomic E-state index is -1.46. The molecule has 8 nitrogen and oxygen atoms in total. The molecule has 0 bridgehead atoms. The summed E-state index contributed by atoms with van der Waals surface area (Å²) in [6.45, 7) is 13.4. The molecule has 194 valence electrons. The van der Waals surface area contributed by atoms with Gasteiger partial charge in [-0.25, -0.2) is 4.79 Å². The summed E-state index contributed by atoms with van der Waals surface area (Å²) < 4.78 is 17.7. The second kappa shape index (κ2) is 10.8. The number of carbonyl (C=O) groups excluding carboxylic acids is 1. The first kappa shape index (κ1) is 27.3. The summed E-state index contributed by atoms with van der Waals surface area (Å²) in [5, 5.41) is 42.4. The Kier molecular flexibility index (Phi) is 8.64. The molecule has 4 N–H and O–H groups in total. The molecule has 3 rings (SSSR count). The zero-order chi connectivity index (χ0) is 25.4. The van der Waals surface area contributed by atoms with E-state index in [4.69, 9.17) is 14.2 Å². The molecule has 0 radical (unpaired) electrons. The molecule has 3 aliphatic rings. The van der Waals surface area contributed by atoms with E-state index in [2.05, 4.69) is 27.4 Å². The minimum Gasteiger partial charge on any atom is -0.453 e. The molecule has 0 unspecified atom stereocenters. The first-order chi connectivity index (χ1) is 16.0. The Morgan fingerprint density at radius 2 is 1.91 bits per heavy atom. The lowest BCUT2D eigenvalue weighted by Gasteiger charge is -2.56. The van der Waals surface area contributed by atoms with Crippen LogP contribution >= 0.6 is 0 Å². The van der Waals surface area contributed by atoms with Crippen LogP contribution in [0.2, 0.25) is 0 Å². The Morgan fingerprint density at radius 3 is 2.50 bits per heavy atom. The van der Waals surface area contributed by atoms with E-state index < -0.39 is 60.9 Å². The van der Waals surface area contributed by atoms with Gasteiger partial charge in [0.25, 0.3) is 0 Å². The SMILES string of the molecule is C=C1CC[C@@H](O)[C@]2(C)CC[C@@H](C(C)C)[C@@H](O[C@@H]3O[C@H](CO)[C@@H](O)[C@H](OC(=O)/C(C)=C\C)[C@H]3O)[C@@H]12. The van der Waals surface area contributed by atoms with E-state index in [0.29, 0.717) is 18.4 Å². The van der Waals surface area contributed by atoms with Crippen LogP contribution in [0.1, 0.15) is 60.3 Å². The van der Waals surface area contributed by atoms with E-state index >= 15 is 0 Å². The fraction of sp³-hybridized carbons (Fsp3) is 0.808. The molecule has 2 aliphatic carbocycles. The van der Waals surface area contributed by atoms with Crippen molar-refractivity contribution < 1.29 is 39.4 Å². The molecule has 0 aromatic carbocycles. The summed E-state index contributed by atoms with van der Waals surface area (Å²) in [5.41, 5.74) is 0.939. The van der Waals surface area contributed by atoms with Gasteiger partial charge in [-0.15, -0.1) is 0 Å². The molecule has 0 aromatic heterocycles. The van der Waals surface area contributed by atoms with Gasteiger partial charge in [0.1, 0.15) is 18.3 Å². The highest BCUT2D eigenvalue weighted by molar-refractivity contribution is 5.87. The Labute approximate surface area is 202 Å². The number of allylic oxidation sites excluding steroid dienone is 1. The molecule has 1 saturated heterocycles. The highest BCUT2D eigenvalue weighted by Gasteiger charge is 2.56. The van der Waals surface area contributed by atoms with Crippen molar-refractivity contribution in [3.63, 3.8) is 0 Å². The number of aliphatic hydroxyl groups excluding tert-OH is 4. The van der Waals surface area contributed by atoms with E-state index in [9.17, 15) is 25.2 Å². The molecule has 34 heavy (non-hydrogen) atoms. The predicted molar refractivity (Wildman–Crippen MR) is 125 cm³/mol. The number of esters is 1. The quantitative estimate of drug-likeness (QED) is 0.258. The number of ether oxygens (including phenoxy) is 3. The molecular formula is C26H42O8. The van der Waals surface area contributed by atoms with Gasteiger partial charge >= 0.3 is 5.97 Å². The van der Waals surface area contributed by atoms with E-state index in [0.717, 1.165) is 18.4 Å². The second-order valence-corrected chi connectivity index (χ2v) is 10.8. The van der Waals surface area contributed by atoms with Gasteiger partial charge < -0.3 is 34.6 Å². The van der Waals surface area contributed by atoms with E-state index in [1.54, 1.807) is 19.9 Å². The average molecular weight is 483 g/mol. The Hall–Kier alpha value is -1.29. The lowest BCUT2D eigenvalue weighted by Crippen LogP contribution is -2.63. The molecule has 3 fully saturated rings. The normalized spacial score (nSPS) is 43.5. The fourth-order valence-corrected chi connectivity index (χ4v) is 5.99. The van der Waals surface area contributed by atoms with Gasteiger partial charge in [0.05, 0.1) is 18.8 Å². The van der Waals surface area contributed by atoms with Gasteiger partial charge in [0, 0.05) is 16.9 Å². The number of hydrogen-bond donors (Lipinski definition) is 4. The van der Waals surface area contributed by atoms with E-state index in [1.165, 1.54) is 0 Å². The Bertz CT molecular complexity index is 779. The van der Waals surface area contributed by atoms with Crippen LogP contribution in [0.25, 0.3) is 0 Å². The minimum absolute atomic E-state index is 0.127. The summed E-state index contributed by atoms with van der Waals surface area (Å²) in [6, 6.07) is 0. The van der Waals surface area contributed by atoms with Gasteiger partial charge in [-0.2, -0.15) is 0 Å². The first-order valence-corrected chi connectivity index (χ1v) is 12.4.